The summed E-state index contributed by atoms with van der Waals surface area (Å²) in [6.07, 6.45) is 0.922. The maximum atomic E-state index is 11.1. The fourth-order valence-corrected chi connectivity index (χ4v) is 5.07. The molecule has 0 saturated heterocycles. The number of nitrogens with zero attached hydrogens (tertiary/aromatic N) is 4. The molecule has 5 rings (SSSR count). The van der Waals surface area contributed by atoms with E-state index in [1.54, 1.807) is 12.1 Å². The van der Waals surface area contributed by atoms with Crippen LogP contribution in [0.15, 0.2) is 94.4 Å². The SMILES string of the molecule is C=C(C)CN=c1scc(-c2ccc([N+](=O)[O-])cc2)n1N=C(C)c1ccc2c(c1)Cc1ccccc1-2. The number of non-ortho nitro benzene ring substituents is 1. The highest BCUT2D eigenvalue weighted by atomic mass is 32.1. The lowest BCUT2D eigenvalue weighted by molar-refractivity contribution is -0.384. The minimum atomic E-state index is -0.395. The third-order valence-electron chi connectivity index (χ3n) is 6.00. The number of hydrogen-bond donors (Lipinski definition) is 0. The van der Waals surface area contributed by atoms with Gasteiger partial charge in [0.2, 0.25) is 4.80 Å². The lowest BCUT2D eigenvalue weighted by Crippen LogP contribution is -2.15. The maximum Gasteiger partial charge on any atom is 0.269 e. The molecule has 0 unspecified atom stereocenters. The van der Waals surface area contributed by atoms with Crippen molar-refractivity contribution in [3.05, 3.63) is 116 Å². The quantitative estimate of drug-likeness (QED) is 0.121. The second-order valence-electron chi connectivity index (χ2n) is 8.68. The molecule has 0 aliphatic heterocycles. The van der Waals surface area contributed by atoms with Crippen molar-refractivity contribution in [2.24, 2.45) is 10.1 Å². The number of hydrogen-bond acceptors (Lipinski definition) is 5. The van der Waals surface area contributed by atoms with E-state index < -0.39 is 4.92 Å². The van der Waals surface area contributed by atoms with Gasteiger partial charge in [-0.05, 0) is 66.3 Å². The van der Waals surface area contributed by atoms with Gasteiger partial charge in [0.15, 0.2) is 0 Å². The van der Waals surface area contributed by atoms with Gasteiger partial charge in [-0.2, -0.15) is 5.10 Å². The number of thiazole rings is 1. The van der Waals surface area contributed by atoms with E-state index in [4.69, 9.17) is 10.1 Å². The molecule has 6 nitrogen and oxygen atoms in total. The number of fused-ring (bicyclic) bond motifs is 3. The summed E-state index contributed by atoms with van der Waals surface area (Å²) >= 11 is 1.49. The molecule has 174 valence electrons. The van der Waals surface area contributed by atoms with Gasteiger partial charge in [-0.15, -0.1) is 11.3 Å². The third kappa shape index (κ3) is 4.50. The highest BCUT2D eigenvalue weighted by Crippen LogP contribution is 2.36. The van der Waals surface area contributed by atoms with Crippen LogP contribution in [0.5, 0.6) is 0 Å². The van der Waals surface area contributed by atoms with E-state index in [2.05, 4.69) is 49.0 Å². The number of rotatable bonds is 6. The van der Waals surface area contributed by atoms with Gasteiger partial charge in [0.1, 0.15) is 0 Å². The van der Waals surface area contributed by atoms with Crippen LogP contribution in [-0.2, 0) is 6.42 Å². The second kappa shape index (κ2) is 9.27. The molecule has 1 aliphatic rings. The molecule has 3 aromatic carbocycles. The monoisotopic (exact) mass is 480 g/mol. The van der Waals surface area contributed by atoms with E-state index in [0.29, 0.717) is 6.54 Å². The molecule has 1 aliphatic carbocycles. The Morgan fingerprint density at radius 3 is 2.54 bits per heavy atom. The molecule has 35 heavy (non-hydrogen) atoms. The van der Waals surface area contributed by atoms with E-state index in [9.17, 15) is 10.1 Å². The predicted molar refractivity (Wildman–Crippen MR) is 142 cm³/mol. The topological polar surface area (TPSA) is 72.8 Å². The summed E-state index contributed by atoms with van der Waals surface area (Å²) in [5, 5.41) is 18.0. The minimum absolute atomic E-state index is 0.0570. The van der Waals surface area contributed by atoms with E-state index in [0.717, 1.165) is 39.3 Å². The molecule has 1 aromatic heterocycles. The highest BCUT2D eigenvalue weighted by molar-refractivity contribution is 7.07. The van der Waals surface area contributed by atoms with Crippen LogP contribution in [0, 0.1) is 10.1 Å². The average molecular weight is 481 g/mol. The van der Waals surface area contributed by atoms with Crippen molar-refractivity contribution >= 4 is 22.7 Å². The largest absolute Gasteiger partial charge is 0.269 e. The van der Waals surface area contributed by atoms with Gasteiger partial charge in [0.25, 0.3) is 5.69 Å². The summed E-state index contributed by atoms with van der Waals surface area (Å²) in [5.74, 6) is 0. The summed E-state index contributed by atoms with van der Waals surface area (Å²) in [4.78, 5) is 16.1. The van der Waals surface area contributed by atoms with Crippen LogP contribution in [0.2, 0.25) is 0 Å². The Hall–Kier alpha value is -4.10. The van der Waals surface area contributed by atoms with Crippen LogP contribution in [-0.4, -0.2) is 21.9 Å². The van der Waals surface area contributed by atoms with Crippen molar-refractivity contribution in [2.75, 3.05) is 6.54 Å². The summed E-state index contributed by atoms with van der Waals surface area (Å²) in [5.41, 5.74) is 9.84. The molecule has 0 fully saturated rings. The molecule has 4 aromatic rings. The van der Waals surface area contributed by atoms with Crippen molar-refractivity contribution in [3.63, 3.8) is 0 Å². The van der Waals surface area contributed by atoms with Crippen molar-refractivity contribution in [3.8, 4) is 22.4 Å². The molecule has 0 amide bonds. The van der Waals surface area contributed by atoms with Crippen LogP contribution in [0.25, 0.3) is 22.4 Å². The Balaban J connectivity index is 1.56. The molecule has 0 atom stereocenters. The van der Waals surface area contributed by atoms with E-state index in [1.165, 1.54) is 45.7 Å². The highest BCUT2D eigenvalue weighted by Gasteiger charge is 2.18. The predicted octanol–water partition coefficient (Wildman–Crippen LogP) is 6.45. The van der Waals surface area contributed by atoms with Crippen LogP contribution in [0.1, 0.15) is 30.5 Å². The fourth-order valence-electron chi connectivity index (χ4n) is 4.24. The maximum absolute atomic E-state index is 11.1. The first-order chi connectivity index (χ1) is 16.9. The zero-order chi connectivity index (χ0) is 24.5. The van der Waals surface area contributed by atoms with Crippen molar-refractivity contribution in [2.45, 2.75) is 20.3 Å². The molecule has 7 heteroatoms. The summed E-state index contributed by atoms with van der Waals surface area (Å²) in [7, 11) is 0. The van der Waals surface area contributed by atoms with Gasteiger partial charge in [0.05, 0.1) is 22.9 Å². The zero-order valence-corrected chi connectivity index (χ0v) is 20.4. The summed E-state index contributed by atoms with van der Waals surface area (Å²) in [6.45, 7) is 8.39. The first kappa shape index (κ1) is 22.7. The Kier molecular flexibility index (Phi) is 6.01. The van der Waals surface area contributed by atoms with Crippen LogP contribution in [0.4, 0.5) is 5.69 Å². The molecule has 0 spiro atoms. The molecular weight excluding hydrogens is 456 g/mol. The summed E-state index contributed by atoms with van der Waals surface area (Å²) in [6, 6.07) is 21.6. The second-order valence-corrected chi connectivity index (χ2v) is 9.52. The standard InChI is InChI=1S/C28H24N4O2S/c1-18(2)16-29-28-31(27(17-35-28)20-8-11-24(12-9-20)32(33)34)30-19(3)21-10-13-26-23(14-21)15-22-6-4-5-7-25(22)26/h4-14,17H,1,15-16H2,2-3H3. The Morgan fingerprint density at radius 1 is 1.06 bits per heavy atom. The van der Waals surface area contributed by atoms with E-state index in [-0.39, 0.29) is 5.69 Å². The van der Waals surface area contributed by atoms with Crippen LogP contribution >= 0.6 is 11.3 Å². The Morgan fingerprint density at radius 2 is 1.80 bits per heavy atom. The smallest absolute Gasteiger partial charge is 0.258 e. The number of aromatic nitrogens is 1. The van der Waals surface area contributed by atoms with Crippen molar-refractivity contribution in [1.29, 1.82) is 0 Å². The number of nitro benzene ring substituents is 1. The first-order valence-corrected chi connectivity index (χ1v) is 12.2. The van der Waals surface area contributed by atoms with Gasteiger partial charge < -0.3 is 0 Å². The number of nitro groups is 1. The molecular formula is C28H24N4O2S. The van der Waals surface area contributed by atoms with Gasteiger partial charge in [0, 0.05) is 23.1 Å². The van der Waals surface area contributed by atoms with Gasteiger partial charge in [-0.3, -0.25) is 15.1 Å². The fraction of sp³-hybridized carbons (Fsp3) is 0.143. The van der Waals surface area contributed by atoms with E-state index >= 15 is 0 Å². The van der Waals surface area contributed by atoms with Crippen molar-refractivity contribution in [1.82, 2.24) is 4.68 Å². The molecule has 0 radical (unpaired) electrons. The first-order valence-electron chi connectivity index (χ1n) is 11.3. The average Bonchev–Trinajstić information content (AvgIpc) is 3.43. The molecule has 0 bridgehead atoms. The third-order valence-corrected chi connectivity index (χ3v) is 6.86. The van der Waals surface area contributed by atoms with Gasteiger partial charge in [-0.25, -0.2) is 4.68 Å². The zero-order valence-electron chi connectivity index (χ0n) is 19.6. The normalized spacial score (nSPS) is 13.0. The molecule has 0 saturated carbocycles. The Labute approximate surface area is 207 Å². The summed E-state index contributed by atoms with van der Waals surface area (Å²) < 4.78 is 1.83. The van der Waals surface area contributed by atoms with Gasteiger partial charge >= 0.3 is 0 Å². The van der Waals surface area contributed by atoms with E-state index in [1.807, 2.05) is 23.9 Å². The van der Waals surface area contributed by atoms with Gasteiger partial charge in [-0.1, -0.05) is 48.6 Å². The van der Waals surface area contributed by atoms with Crippen LogP contribution < -0.4 is 4.80 Å². The van der Waals surface area contributed by atoms with Crippen molar-refractivity contribution < 1.29 is 4.92 Å². The lowest BCUT2D eigenvalue weighted by atomic mass is 10.0. The molecule has 0 N–H and O–H groups in total. The minimum Gasteiger partial charge on any atom is -0.258 e. The van der Waals surface area contributed by atoms with Crippen LogP contribution in [0.3, 0.4) is 0 Å². The number of benzene rings is 3. The molecule has 1 heterocycles. The lowest BCUT2D eigenvalue weighted by Gasteiger charge is -2.08. The Bertz CT molecular complexity index is 1560.